The molecule has 5 nitrogen and oxygen atoms in total. The molecule has 1 rings (SSSR count). The van der Waals surface area contributed by atoms with Crippen molar-refractivity contribution >= 4 is 11.6 Å². The lowest BCUT2D eigenvalue weighted by molar-refractivity contribution is 0.425. The number of rotatable bonds is 8. The summed E-state index contributed by atoms with van der Waals surface area (Å²) in [5.74, 6) is 3.29. The molecule has 0 amide bonds. The molecule has 0 spiro atoms. The van der Waals surface area contributed by atoms with Gasteiger partial charge in [0.25, 0.3) is 0 Å². The summed E-state index contributed by atoms with van der Waals surface area (Å²) in [7, 11) is 4.12. The minimum Gasteiger partial charge on any atom is -0.370 e. The number of nitrogens with one attached hydrogen (secondary N) is 2. The fraction of sp³-hybridized carbons (Fsp3) is 0.714. The van der Waals surface area contributed by atoms with E-state index in [2.05, 4.69) is 53.4 Å². The van der Waals surface area contributed by atoms with E-state index in [1.165, 1.54) is 0 Å². The third-order valence-corrected chi connectivity index (χ3v) is 2.73. The monoisotopic (exact) mass is 265 g/mol. The number of aryl methyl sites for hydroxylation is 1. The highest BCUT2D eigenvalue weighted by Gasteiger charge is 2.02. The molecule has 0 bridgehead atoms. The average Bonchev–Trinajstić information content (AvgIpc) is 2.27. The summed E-state index contributed by atoms with van der Waals surface area (Å²) in [6, 6.07) is 1.98. The molecule has 19 heavy (non-hydrogen) atoms. The average molecular weight is 265 g/mol. The van der Waals surface area contributed by atoms with Crippen LogP contribution < -0.4 is 10.6 Å². The number of hydrogen-bond donors (Lipinski definition) is 2. The van der Waals surface area contributed by atoms with E-state index in [-0.39, 0.29) is 0 Å². The summed E-state index contributed by atoms with van der Waals surface area (Å²) in [6.07, 6.45) is 1.15. The van der Waals surface area contributed by atoms with Gasteiger partial charge in [0.1, 0.15) is 17.5 Å². The van der Waals surface area contributed by atoms with Crippen LogP contribution in [0, 0.1) is 12.8 Å². The van der Waals surface area contributed by atoms with Crippen molar-refractivity contribution in [1.29, 1.82) is 0 Å². The van der Waals surface area contributed by atoms with Crippen LogP contribution in [0.2, 0.25) is 0 Å². The predicted molar refractivity (Wildman–Crippen MR) is 81.8 cm³/mol. The Morgan fingerprint density at radius 1 is 1.11 bits per heavy atom. The molecule has 0 atom stereocenters. The number of likely N-dealkylation sites (N-methyl/N-ethyl adjacent to an activating group) is 1. The van der Waals surface area contributed by atoms with Gasteiger partial charge in [-0.2, -0.15) is 0 Å². The van der Waals surface area contributed by atoms with E-state index in [0.29, 0.717) is 5.92 Å². The molecular weight excluding hydrogens is 238 g/mol. The number of aromatic nitrogens is 2. The zero-order valence-electron chi connectivity index (χ0n) is 12.8. The first-order valence-electron chi connectivity index (χ1n) is 6.95. The van der Waals surface area contributed by atoms with Gasteiger partial charge in [-0.05, 0) is 33.4 Å². The van der Waals surface area contributed by atoms with Gasteiger partial charge in [0.15, 0.2) is 0 Å². The van der Waals surface area contributed by atoms with Gasteiger partial charge in [-0.1, -0.05) is 13.8 Å². The van der Waals surface area contributed by atoms with Crippen LogP contribution in [0.4, 0.5) is 11.6 Å². The minimum absolute atomic E-state index is 0.702. The zero-order valence-corrected chi connectivity index (χ0v) is 12.8. The molecule has 0 unspecified atom stereocenters. The maximum Gasteiger partial charge on any atom is 0.131 e. The largest absolute Gasteiger partial charge is 0.370 e. The van der Waals surface area contributed by atoms with Crippen LogP contribution in [-0.2, 0) is 0 Å². The highest BCUT2D eigenvalue weighted by atomic mass is 15.1. The summed E-state index contributed by atoms with van der Waals surface area (Å²) in [5.41, 5.74) is 0. The summed E-state index contributed by atoms with van der Waals surface area (Å²) in [5, 5.41) is 6.68. The Balaban J connectivity index is 2.51. The molecule has 0 fully saturated rings. The number of anilines is 2. The van der Waals surface area contributed by atoms with Crippen LogP contribution in [0.15, 0.2) is 6.07 Å². The van der Waals surface area contributed by atoms with Crippen LogP contribution in [0.3, 0.4) is 0 Å². The van der Waals surface area contributed by atoms with Gasteiger partial charge >= 0.3 is 0 Å². The first kappa shape index (κ1) is 15.7. The summed E-state index contributed by atoms with van der Waals surface area (Å²) in [6.45, 7) is 9.19. The lowest BCUT2D eigenvalue weighted by Gasteiger charge is -2.13. The first-order valence-corrected chi connectivity index (χ1v) is 6.95. The standard InChI is InChI=1S/C14H27N5/c1-11(2)6-7-15-13-10-14(18-12(3)17-13)16-8-9-19(4)5/h10-11H,6-9H2,1-5H3,(H2,15,16,17,18). The molecule has 0 saturated carbocycles. The Kier molecular flexibility index (Phi) is 6.56. The first-order chi connectivity index (χ1) is 8.97. The fourth-order valence-electron chi connectivity index (χ4n) is 1.65. The maximum absolute atomic E-state index is 4.40. The lowest BCUT2D eigenvalue weighted by Crippen LogP contribution is -2.21. The normalized spacial score (nSPS) is 11.1. The highest BCUT2D eigenvalue weighted by molar-refractivity contribution is 5.47. The van der Waals surface area contributed by atoms with E-state index in [1.807, 2.05) is 13.0 Å². The number of nitrogens with zero attached hydrogens (tertiary/aromatic N) is 3. The van der Waals surface area contributed by atoms with Gasteiger partial charge < -0.3 is 15.5 Å². The summed E-state index contributed by atoms with van der Waals surface area (Å²) >= 11 is 0. The van der Waals surface area contributed by atoms with Gasteiger partial charge in [0.05, 0.1) is 0 Å². The van der Waals surface area contributed by atoms with Crippen molar-refractivity contribution in [2.24, 2.45) is 5.92 Å². The second-order valence-corrected chi connectivity index (χ2v) is 5.52. The van der Waals surface area contributed by atoms with E-state index in [4.69, 9.17) is 0 Å². The molecule has 0 radical (unpaired) electrons. The zero-order chi connectivity index (χ0) is 14.3. The van der Waals surface area contributed by atoms with Crippen molar-refractivity contribution in [3.63, 3.8) is 0 Å². The van der Waals surface area contributed by atoms with Gasteiger partial charge in [-0.15, -0.1) is 0 Å². The lowest BCUT2D eigenvalue weighted by atomic mass is 10.1. The third-order valence-electron chi connectivity index (χ3n) is 2.73. The molecule has 0 aromatic carbocycles. The van der Waals surface area contributed by atoms with E-state index in [9.17, 15) is 0 Å². The molecule has 0 aliphatic heterocycles. The molecule has 0 aliphatic carbocycles. The van der Waals surface area contributed by atoms with E-state index >= 15 is 0 Å². The van der Waals surface area contributed by atoms with Crippen molar-refractivity contribution < 1.29 is 0 Å². The topological polar surface area (TPSA) is 53.1 Å². The summed E-state index contributed by atoms with van der Waals surface area (Å²) < 4.78 is 0. The van der Waals surface area contributed by atoms with Crippen molar-refractivity contribution in [3.05, 3.63) is 11.9 Å². The molecule has 2 N–H and O–H groups in total. The van der Waals surface area contributed by atoms with Crippen LogP contribution in [-0.4, -0.2) is 48.6 Å². The molecule has 0 aliphatic rings. The number of hydrogen-bond acceptors (Lipinski definition) is 5. The quantitative estimate of drug-likeness (QED) is 0.755. The van der Waals surface area contributed by atoms with Crippen molar-refractivity contribution in [2.75, 3.05) is 44.4 Å². The highest BCUT2D eigenvalue weighted by Crippen LogP contribution is 2.11. The Morgan fingerprint density at radius 2 is 1.68 bits per heavy atom. The van der Waals surface area contributed by atoms with Crippen molar-refractivity contribution in [1.82, 2.24) is 14.9 Å². The summed E-state index contributed by atoms with van der Waals surface area (Å²) in [4.78, 5) is 10.9. The van der Waals surface area contributed by atoms with Crippen LogP contribution in [0.5, 0.6) is 0 Å². The molecule has 1 aromatic heterocycles. The van der Waals surface area contributed by atoms with E-state index < -0.39 is 0 Å². The maximum atomic E-state index is 4.40. The second kappa shape index (κ2) is 7.94. The Bertz CT molecular complexity index is 344. The van der Waals surface area contributed by atoms with E-state index in [1.54, 1.807) is 0 Å². The van der Waals surface area contributed by atoms with Crippen LogP contribution >= 0.6 is 0 Å². The van der Waals surface area contributed by atoms with Gasteiger partial charge in [-0.25, -0.2) is 9.97 Å². The van der Waals surface area contributed by atoms with Gasteiger partial charge in [0, 0.05) is 25.7 Å². The van der Waals surface area contributed by atoms with Gasteiger partial charge in [-0.3, -0.25) is 0 Å². The minimum atomic E-state index is 0.702. The molecule has 108 valence electrons. The predicted octanol–water partition coefficient (Wildman–Crippen LogP) is 2.22. The molecule has 1 heterocycles. The second-order valence-electron chi connectivity index (χ2n) is 5.52. The molecule has 0 saturated heterocycles. The van der Waals surface area contributed by atoms with Gasteiger partial charge in [0.2, 0.25) is 0 Å². The third kappa shape index (κ3) is 6.96. The Morgan fingerprint density at radius 3 is 2.21 bits per heavy atom. The van der Waals surface area contributed by atoms with Crippen LogP contribution in [0.25, 0.3) is 0 Å². The molecule has 5 heteroatoms. The smallest absolute Gasteiger partial charge is 0.131 e. The van der Waals surface area contributed by atoms with E-state index in [0.717, 1.165) is 43.5 Å². The molecule has 1 aromatic rings. The molecular formula is C14H27N5. The van der Waals surface area contributed by atoms with Crippen molar-refractivity contribution in [3.8, 4) is 0 Å². The Labute approximate surface area is 116 Å². The van der Waals surface area contributed by atoms with Crippen molar-refractivity contribution in [2.45, 2.75) is 27.2 Å². The SMILES string of the molecule is Cc1nc(NCCC(C)C)cc(NCCN(C)C)n1. The Hall–Kier alpha value is -1.36. The van der Waals surface area contributed by atoms with Crippen LogP contribution in [0.1, 0.15) is 26.1 Å². The fourth-order valence-corrected chi connectivity index (χ4v) is 1.65.